The van der Waals surface area contributed by atoms with Gasteiger partial charge in [-0.1, -0.05) is 50.0 Å². The van der Waals surface area contributed by atoms with E-state index in [2.05, 4.69) is 43.6 Å². The van der Waals surface area contributed by atoms with Gasteiger partial charge in [0.05, 0.1) is 8.07 Å². The summed E-state index contributed by atoms with van der Waals surface area (Å²) in [6.07, 6.45) is 3.48. The Labute approximate surface area is 118 Å². The van der Waals surface area contributed by atoms with Crippen LogP contribution in [0.15, 0.2) is 30.3 Å². The van der Waals surface area contributed by atoms with Crippen molar-refractivity contribution >= 4 is 14.4 Å². The lowest BCUT2D eigenvalue weighted by molar-refractivity contribution is -0.108. The molecule has 1 unspecified atom stereocenters. The van der Waals surface area contributed by atoms with Gasteiger partial charge in [-0.25, -0.2) is 0 Å². The van der Waals surface area contributed by atoms with Gasteiger partial charge in [0, 0.05) is 18.9 Å². The predicted molar refractivity (Wildman–Crippen MR) is 85.0 cm³/mol. The molecule has 0 fully saturated rings. The van der Waals surface area contributed by atoms with Crippen LogP contribution in [0.5, 0.6) is 0 Å². The van der Waals surface area contributed by atoms with Gasteiger partial charge < -0.3 is 4.79 Å². The van der Waals surface area contributed by atoms with E-state index in [0.717, 1.165) is 25.2 Å². The molecule has 0 bridgehead atoms. The summed E-state index contributed by atoms with van der Waals surface area (Å²) in [6, 6.07) is 11.3. The SMILES string of the molecule is C[Si](C)(C)CC#CCCC(CC=O)c1ccccc1. The Morgan fingerprint density at radius 2 is 1.84 bits per heavy atom. The molecule has 2 heteroatoms. The predicted octanol–water partition coefficient (Wildman–Crippen LogP) is 4.48. The molecular weight excluding hydrogens is 248 g/mol. The highest BCUT2D eigenvalue weighted by Crippen LogP contribution is 2.23. The molecule has 0 aliphatic rings. The number of benzene rings is 1. The molecule has 0 amide bonds. The number of carbonyl (C=O) groups excluding carboxylic acids is 1. The highest BCUT2D eigenvalue weighted by Gasteiger charge is 2.11. The highest BCUT2D eigenvalue weighted by atomic mass is 28.3. The third kappa shape index (κ3) is 6.98. The van der Waals surface area contributed by atoms with Crippen molar-refractivity contribution < 1.29 is 4.79 Å². The zero-order valence-electron chi connectivity index (χ0n) is 12.3. The second-order valence-electron chi connectivity index (χ2n) is 6.14. The van der Waals surface area contributed by atoms with E-state index in [1.54, 1.807) is 0 Å². The van der Waals surface area contributed by atoms with Crippen LogP contribution in [0.25, 0.3) is 0 Å². The molecule has 102 valence electrons. The van der Waals surface area contributed by atoms with Crippen molar-refractivity contribution in [2.75, 3.05) is 0 Å². The van der Waals surface area contributed by atoms with Crippen LogP contribution in [0.2, 0.25) is 25.7 Å². The van der Waals surface area contributed by atoms with Gasteiger partial charge in [-0.15, -0.1) is 11.8 Å². The van der Waals surface area contributed by atoms with Gasteiger partial charge >= 0.3 is 0 Å². The molecule has 1 aromatic carbocycles. The topological polar surface area (TPSA) is 17.1 Å². The number of aldehydes is 1. The van der Waals surface area contributed by atoms with Gasteiger partial charge in [0.1, 0.15) is 6.29 Å². The van der Waals surface area contributed by atoms with Gasteiger partial charge in [-0.05, 0) is 17.9 Å². The zero-order chi connectivity index (χ0) is 14.1. The zero-order valence-corrected chi connectivity index (χ0v) is 13.3. The number of rotatable bonds is 6. The summed E-state index contributed by atoms with van der Waals surface area (Å²) in [5.41, 5.74) is 1.25. The molecule has 0 saturated heterocycles. The second kappa shape index (κ2) is 7.96. The summed E-state index contributed by atoms with van der Waals surface area (Å²) in [6.45, 7) is 7.00. The Morgan fingerprint density at radius 3 is 2.42 bits per heavy atom. The van der Waals surface area contributed by atoms with Crippen molar-refractivity contribution in [1.82, 2.24) is 0 Å². The molecule has 0 radical (unpaired) electrons. The highest BCUT2D eigenvalue weighted by molar-refractivity contribution is 6.76. The maximum atomic E-state index is 10.8. The van der Waals surface area contributed by atoms with E-state index in [0.29, 0.717) is 12.3 Å². The molecule has 1 aromatic rings. The Morgan fingerprint density at radius 1 is 1.16 bits per heavy atom. The molecule has 0 spiro atoms. The van der Waals surface area contributed by atoms with Crippen LogP contribution in [-0.4, -0.2) is 14.4 Å². The first kappa shape index (κ1) is 15.7. The molecule has 0 heterocycles. The van der Waals surface area contributed by atoms with Crippen molar-refractivity contribution in [3.05, 3.63) is 35.9 Å². The molecule has 0 aliphatic carbocycles. The average molecular weight is 272 g/mol. The van der Waals surface area contributed by atoms with Gasteiger partial charge in [-0.2, -0.15) is 0 Å². The minimum atomic E-state index is -1.04. The van der Waals surface area contributed by atoms with Crippen LogP contribution in [-0.2, 0) is 4.79 Å². The van der Waals surface area contributed by atoms with E-state index >= 15 is 0 Å². The monoisotopic (exact) mass is 272 g/mol. The normalized spacial score (nSPS) is 12.4. The molecule has 0 N–H and O–H groups in total. The number of carbonyl (C=O) groups is 1. The van der Waals surface area contributed by atoms with E-state index < -0.39 is 8.07 Å². The Bertz CT molecular complexity index is 434. The standard InChI is InChI=1S/C17H24OSi/c1-19(2,3)15-9-5-8-12-17(13-14-18)16-10-6-4-7-11-16/h4,6-7,10-11,14,17H,8,12-13,15H2,1-3H3. The minimum Gasteiger partial charge on any atom is -0.303 e. The third-order valence-corrected chi connectivity index (χ3v) is 4.25. The van der Waals surface area contributed by atoms with Gasteiger partial charge in [0.25, 0.3) is 0 Å². The van der Waals surface area contributed by atoms with E-state index in [1.165, 1.54) is 5.56 Å². The minimum absolute atomic E-state index is 0.319. The van der Waals surface area contributed by atoms with Crippen LogP contribution in [0.1, 0.15) is 30.7 Å². The van der Waals surface area contributed by atoms with Crippen LogP contribution in [0, 0.1) is 11.8 Å². The Balaban J connectivity index is 2.49. The van der Waals surface area contributed by atoms with E-state index in [9.17, 15) is 4.79 Å². The molecular formula is C17H24OSi. The van der Waals surface area contributed by atoms with Crippen LogP contribution in [0.4, 0.5) is 0 Å². The van der Waals surface area contributed by atoms with Crippen LogP contribution < -0.4 is 0 Å². The summed E-state index contributed by atoms with van der Waals surface area (Å²) in [5, 5.41) is 0. The van der Waals surface area contributed by atoms with E-state index in [1.807, 2.05) is 18.2 Å². The summed E-state index contributed by atoms with van der Waals surface area (Å²) < 4.78 is 0. The van der Waals surface area contributed by atoms with Crippen molar-refractivity contribution in [1.29, 1.82) is 0 Å². The van der Waals surface area contributed by atoms with Crippen molar-refractivity contribution in [3.8, 4) is 11.8 Å². The van der Waals surface area contributed by atoms with Crippen LogP contribution in [0.3, 0.4) is 0 Å². The van der Waals surface area contributed by atoms with Crippen molar-refractivity contribution in [3.63, 3.8) is 0 Å². The van der Waals surface area contributed by atoms with Gasteiger partial charge in [0.15, 0.2) is 0 Å². The average Bonchev–Trinajstić information content (AvgIpc) is 2.37. The maximum absolute atomic E-state index is 10.8. The van der Waals surface area contributed by atoms with Gasteiger partial charge in [-0.3, -0.25) is 0 Å². The summed E-state index contributed by atoms with van der Waals surface area (Å²) in [7, 11) is -1.04. The quantitative estimate of drug-likeness (QED) is 0.424. The van der Waals surface area contributed by atoms with Crippen molar-refractivity contribution in [2.24, 2.45) is 0 Å². The largest absolute Gasteiger partial charge is 0.303 e. The molecule has 1 rings (SSSR count). The molecule has 1 nitrogen and oxygen atoms in total. The number of hydrogen-bond donors (Lipinski definition) is 0. The summed E-state index contributed by atoms with van der Waals surface area (Å²) in [4.78, 5) is 10.8. The molecule has 19 heavy (non-hydrogen) atoms. The lowest BCUT2D eigenvalue weighted by Crippen LogP contribution is -2.17. The fraction of sp³-hybridized carbons (Fsp3) is 0.471. The van der Waals surface area contributed by atoms with E-state index in [4.69, 9.17) is 0 Å². The fourth-order valence-corrected chi connectivity index (χ4v) is 2.58. The first-order chi connectivity index (χ1) is 9.03. The van der Waals surface area contributed by atoms with Crippen LogP contribution >= 0.6 is 0 Å². The smallest absolute Gasteiger partial charge is 0.120 e. The first-order valence-corrected chi connectivity index (χ1v) is 10.7. The first-order valence-electron chi connectivity index (χ1n) is 6.97. The fourth-order valence-electron chi connectivity index (χ4n) is 1.92. The summed E-state index contributed by atoms with van der Waals surface area (Å²) >= 11 is 0. The van der Waals surface area contributed by atoms with Crippen molar-refractivity contribution in [2.45, 2.75) is 50.9 Å². The number of hydrogen-bond acceptors (Lipinski definition) is 1. The molecule has 0 saturated carbocycles. The Hall–Kier alpha value is -1.33. The maximum Gasteiger partial charge on any atom is 0.120 e. The lowest BCUT2D eigenvalue weighted by atomic mass is 9.92. The van der Waals surface area contributed by atoms with Gasteiger partial charge in [0.2, 0.25) is 0 Å². The molecule has 1 atom stereocenters. The summed E-state index contributed by atoms with van der Waals surface area (Å²) in [5.74, 6) is 6.89. The second-order valence-corrected chi connectivity index (χ2v) is 11.6. The van der Waals surface area contributed by atoms with E-state index in [-0.39, 0.29) is 0 Å². The lowest BCUT2D eigenvalue weighted by Gasteiger charge is -2.13. The molecule has 0 aliphatic heterocycles. The Kier molecular flexibility index (Phi) is 6.59. The molecule has 0 aromatic heterocycles. The third-order valence-electron chi connectivity index (χ3n) is 3.01.